The molecule has 2 N–H and O–H groups in total. The second-order valence-corrected chi connectivity index (χ2v) is 3.58. The lowest BCUT2D eigenvalue weighted by molar-refractivity contribution is 0.380. The maximum Gasteiger partial charge on any atom is 0.240 e. The lowest BCUT2D eigenvalue weighted by Gasteiger charge is -2.04. The van der Waals surface area contributed by atoms with Crippen LogP contribution in [0.3, 0.4) is 0 Å². The fraction of sp³-hybridized carbons (Fsp3) is 0.0909. The normalized spacial score (nSPS) is 10.7. The van der Waals surface area contributed by atoms with Gasteiger partial charge >= 0.3 is 0 Å². The van der Waals surface area contributed by atoms with Gasteiger partial charge in [0.05, 0.1) is 24.6 Å². The van der Waals surface area contributed by atoms with Gasteiger partial charge in [-0.05, 0) is 12.1 Å². The Morgan fingerprint density at radius 3 is 2.89 bits per heavy atom. The molecule has 1 aromatic carbocycles. The molecule has 0 saturated carbocycles. The van der Waals surface area contributed by atoms with Crippen molar-refractivity contribution in [3.8, 4) is 17.1 Å². The van der Waals surface area contributed by atoms with Crippen LogP contribution >= 0.6 is 0 Å². The zero-order valence-electron chi connectivity index (χ0n) is 9.39. The molecule has 7 heteroatoms. The van der Waals surface area contributed by atoms with Crippen molar-refractivity contribution >= 4 is 0 Å². The number of aromatic nitrogens is 5. The Hall–Kier alpha value is -2.54. The number of nitrogens with two attached hydrogens (primary N) is 1. The average molecular weight is 242 g/mol. The summed E-state index contributed by atoms with van der Waals surface area (Å²) >= 11 is 0. The predicted molar refractivity (Wildman–Crippen MR) is 62.5 cm³/mol. The van der Waals surface area contributed by atoms with Crippen molar-refractivity contribution in [2.45, 2.75) is 6.54 Å². The minimum Gasteiger partial charge on any atom is -0.338 e. The van der Waals surface area contributed by atoms with Gasteiger partial charge in [0.15, 0.2) is 0 Å². The first-order valence-electron chi connectivity index (χ1n) is 5.37. The molecular formula is C11H10N6O. The summed E-state index contributed by atoms with van der Waals surface area (Å²) in [5.74, 6) is 0.889. The van der Waals surface area contributed by atoms with Crippen molar-refractivity contribution in [1.29, 1.82) is 0 Å². The molecule has 0 atom stereocenters. The molecule has 0 bridgehead atoms. The predicted octanol–water partition coefficient (Wildman–Crippen LogP) is 0.776. The van der Waals surface area contributed by atoms with E-state index in [9.17, 15) is 0 Å². The van der Waals surface area contributed by atoms with E-state index in [1.165, 1.54) is 0 Å². The third-order valence-electron chi connectivity index (χ3n) is 2.46. The van der Waals surface area contributed by atoms with Crippen LogP contribution in [0.15, 0.2) is 41.2 Å². The summed E-state index contributed by atoms with van der Waals surface area (Å²) in [6.07, 6.45) is 3.36. The zero-order chi connectivity index (χ0) is 12.4. The highest BCUT2D eigenvalue weighted by atomic mass is 16.5. The van der Waals surface area contributed by atoms with Crippen LogP contribution in [0.2, 0.25) is 0 Å². The third-order valence-corrected chi connectivity index (χ3v) is 2.46. The molecular weight excluding hydrogens is 232 g/mol. The average Bonchev–Trinajstić information content (AvgIpc) is 3.10. The Kier molecular flexibility index (Phi) is 2.58. The Morgan fingerprint density at radius 2 is 2.17 bits per heavy atom. The molecule has 0 amide bonds. The maximum atomic E-state index is 5.45. The topological polar surface area (TPSA) is 95.7 Å². The van der Waals surface area contributed by atoms with Crippen LogP contribution in [0.25, 0.3) is 17.1 Å². The Balaban J connectivity index is 2.12. The van der Waals surface area contributed by atoms with Crippen molar-refractivity contribution in [2.75, 3.05) is 0 Å². The fourth-order valence-corrected chi connectivity index (χ4v) is 1.65. The summed E-state index contributed by atoms with van der Waals surface area (Å²) < 4.78 is 6.66. The number of para-hydroxylation sites is 1. The minimum atomic E-state index is 0.221. The monoisotopic (exact) mass is 242 g/mol. The number of benzene rings is 1. The quantitative estimate of drug-likeness (QED) is 0.729. The molecule has 3 aromatic rings. The van der Waals surface area contributed by atoms with E-state index in [-0.39, 0.29) is 6.54 Å². The molecule has 3 rings (SSSR count). The van der Waals surface area contributed by atoms with Crippen LogP contribution in [0, 0.1) is 0 Å². The molecule has 18 heavy (non-hydrogen) atoms. The smallest absolute Gasteiger partial charge is 0.240 e. The molecule has 0 saturated heterocycles. The van der Waals surface area contributed by atoms with Crippen molar-refractivity contribution in [1.82, 2.24) is 25.1 Å². The van der Waals surface area contributed by atoms with Gasteiger partial charge < -0.3 is 10.3 Å². The van der Waals surface area contributed by atoms with Gasteiger partial charge in [0.2, 0.25) is 11.7 Å². The Bertz CT molecular complexity index is 645. The first-order valence-corrected chi connectivity index (χ1v) is 5.37. The lowest BCUT2D eigenvalue weighted by atomic mass is 10.1. The Labute approximate surface area is 102 Å². The molecule has 90 valence electrons. The molecule has 0 aliphatic carbocycles. The van der Waals surface area contributed by atoms with E-state index >= 15 is 0 Å². The first kappa shape index (κ1) is 10.6. The highest BCUT2D eigenvalue weighted by Crippen LogP contribution is 2.23. The number of rotatable bonds is 3. The fourth-order valence-electron chi connectivity index (χ4n) is 1.65. The molecule has 0 spiro atoms. The van der Waals surface area contributed by atoms with Crippen LogP contribution < -0.4 is 5.73 Å². The number of nitrogens with zero attached hydrogens (tertiary/aromatic N) is 5. The second-order valence-electron chi connectivity index (χ2n) is 3.58. The molecule has 2 heterocycles. The van der Waals surface area contributed by atoms with Gasteiger partial charge in [-0.2, -0.15) is 4.98 Å². The number of hydrogen-bond acceptors (Lipinski definition) is 6. The summed E-state index contributed by atoms with van der Waals surface area (Å²) in [7, 11) is 0. The standard InChI is InChI=1S/C11H10N6O/c12-7-10-14-11(15-18-10)8-3-1-2-4-9(8)17-6-5-13-16-17/h1-6H,7,12H2. The van der Waals surface area contributed by atoms with Crippen molar-refractivity contribution in [3.05, 3.63) is 42.5 Å². The maximum absolute atomic E-state index is 5.45. The summed E-state index contributed by atoms with van der Waals surface area (Å²) in [5.41, 5.74) is 7.09. The first-order chi connectivity index (χ1) is 8.88. The van der Waals surface area contributed by atoms with E-state index in [2.05, 4.69) is 20.5 Å². The summed E-state index contributed by atoms with van der Waals surface area (Å²) in [6.45, 7) is 0.221. The van der Waals surface area contributed by atoms with Crippen LogP contribution in [-0.2, 0) is 6.54 Å². The van der Waals surface area contributed by atoms with Crippen LogP contribution in [0.1, 0.15) is 5.89 Å². The van der Waals surface area contributed by atoms with Crippen LogP contribution in [-0.4, -0.2) is 25.1 Å². The molecule has 0 unspecified atom stereocenters. The molecule has 2 aromatic heterocycles. The third kappa shape index (κ3) is 1.76. The van der Waals surface area contributed by atoms with Gasteiger partial charge in [0.1, 0.15) is 0 Å². The molecule has 7 nitrogen and oxygen atoms in total. The van der Waals surface area contributed by atoms with E-state index in [0.717, 1.165) is 11.3 Å². The van der Waals surface area contributed by atoms with E-state index in [1.807, 2.05) is 24.3 Å². The largest absolute Gasteiger partial charge is 0.338 e. The van der Waals surface area contributed by atoms with Crippen LogP contribution in [0.4, 0.5) is 0 Å². The Morgan fingerprint density at radius 1 is 1.28 bits per heavy atom. The molecule has 0 fully saturated rings. The van der Waals surface area contributed by atoms with Gasteiger partial charge in [-0.1, -0.05) is 22.5 Å². The number of hydrogen-bond donors (Lipinski definition) is 1. The highest BCUT2D eigenvalue weighted by Gasteiger charge is 2.12. The zero-order valence-corrected chi connectivity index (χ0v) is 9.39. The van der Waals surface area contributed by atoms with Gasteiger partial charge in [0, 0.05) is 5.56 Å². The SMILES string of the molecule is NCc1nc(-c2ccccc2-n2ccnn2)no1. The van der Waals surface area contributed by atoms with E-state index in [0.29, 0.717) is 11.7 Å². The molecule has 0 aliphatic heterocycles. The second kappa shape index (κ2) is 4.38. The van der Waals surface area contributed by atoms with Crippen molar-refractivity contribution in [3.63, 3.8) is 0 Å². The highest BCUT2D eigenvalue weighted by molar-refractivity contribution is 5.66. The van der Waals surface area contributed by atoms with Gasteiger partial charge in [-0.3, -0.25) is 0 Å². The molecule has 0 aliphatic rings. The summed E-state index contributed by atoms with van der Waals surface area (Å²) in [6, 6.07) is 7.60. The van der Waals surface area contributed by atoms with E-state index in [1.54, 1.807) is 17.1 Å². The van der Waals surface area contributed by atoms with Crippen molar-refractivity contribution in [2.24, 2.45) is 5.73 Å². The molecule has 0 radical (unpaired) electrons. The van der Waals surface area contributed by atoms with Gasteiger partial charge in [-0.25, -0.2) is 4.68 Å². The summed E-state index contributed by atoms with van der Waals surface area (Å²) in [5, 5.41) is 11.6. The van der Waals surface area contributed by atoms with Gasteiger partial charge in [0.25, 0.3) is 0 Å². The lowest BCUT2D eigenvalue weighted by Crippen LogP contribution is -1.99. The van der Waals surface area contributed by atoms with Gasteiger partial charge in [-0.15, -0.1) is 5.10 Å². The van der Waals surface area contributed by atoms with E-state index in [4.69, 9.17) is 10.3 Å². The van der Waals surface area contributed by atoms with E-state index < -0.39 is 0 Å². The summed E-state index contributed by atoms with van der Waals surface area (Å²) in [4.78, 5) is 4.21. The van der Waals surface area contributed by atoms with Crippen molar-refractivity contribution < 1.29 is 4.52 Å². The van der Waals surface area contributed by atoms with Crippen LogP contribution in [0.5, 0.6) is 0 Å². The minimum absolute atomic E-state index is 0.221.